The Morgan fingerprint density at radius 2 is 2.33 bits per heavy atom. The fraction of sp³-hybridized carbons (Fsp3) is 0.500. The predicted octanol–water partition coefficient (Wildman–Crippen LogP) is 0.243. The highest BCUT2D eigenvalue weighted by atomic mass is 16.5. The van der Waals surface area contributed by atoms with E-state index in [1.54, 1.807) is 13.4 Å². The molecule has 0 aliphatic rings. The second-order valence-electron chi connectivity index (χ2n) is 4.54. The van der Waals surface area contributed by atoms with Crippen LogP contribution < -0.4 is 0 Å². The molecule has 21 heavy (non-hydrogen) atoms. The minimum Gasteiger partial charge on any atom is -0.476 e. The quantitative estimate of drug-likeness (QED) is 0.738. The van der Waals surface area contributed by atoms with E-state index < -0.39 is 5.97 Å². The van der Waals surface area contributed by atoms with Crippen LogP contribution in [-0.2, 0) is 24.4 Å². The highest BCUT2D eigenvalue weighted by Crippen LogP contribution is 2.07. The Kier molecular flexibility index (Phi) is 5.01. The van der Waals surface area contributed by atoms with E-state index in [9.17, 15) is 4.79 Å². The molecule has 0 aromatic carbocycles. The molecule has 9 heteroatoms. The first-order valence-corrected chi connectivity index (χ1v) is 6.32. The van der Waals surface area contributed by atoms with E-state index in [0.29, 0.717) is 32.1 Å². The molecule has 0 atom stereocenters. The van der Waals surface area contributed by atoms with Crippen molar-refractivity contribution in [2.45, 2.75) is 19.6 Å². The lowest BCUT2D eigenvalue weighted by atomic mass is 10.4. The van der Waals surface area contributed by atoms with Crippen molar-refractivity contribution in [3.05, 3.63) is 30.0 Å². The summed E-state index contributed by atoms with van der Waals surface area (Å²) in [6.45, 7) is 2.17. The van der Waals surface area contributed by atoms with Gasteiger partial charge in [0.25, 0.3) is 0 Å². The SMILES string of the molecule is COCCn1cnnc1CN(C)Cc1nc(C(=O)O)co1. The van der Waals surface area contributed by atoms with Gasteiger partial charge in [-0.15, -0.1) is 10.2 Å². The molecule has 114 valence electrons. The molecular weight excluding hydrogens is 278 g/mol. The maximum atomic E-state index is 10.7. The lowest BCUT2D eigenvalue weighted by Gasteiger charge is -2.14. The number of hydrogen-bond donors (Lipinski definition) is 1. The van der Waals surface area contributed by atoms with Gasteiger partial charge in [-0.1, -0.05) is 0 Å². The Hall–Kier alpha value is -2.26. The van der Waals surface area contributed by atoms with E-state index >= 15 is 0 Å². The van der Waals surface area contributed by atoms with Crippen LogP contribution in [0.2, 0.25) is 0 Å². The number of methoxy groups -OCH3 is 1. The summed E-state index contributed by atoms with van der Waals surface area (Å²) in [7, 11) is 3.50. The molecule has 0 fully saturated rings. The molecule has 1 N–H and O–H groups in total. The van der Waals surface area contributed by atoms with Crippen molar-refractivity contribution < 1.29 is 19.1 Å². The van der Waals surface area contributed by atoms with Crippen LogP contribution in [0.1, 0.15) is 22.2 Å². The van der Waals surface area contributed by atoms with Crippen LogP contribution in [0.3, 0.4) is 0 Å². The van der Waals surface area contributed by atoms with E-state index in [-0.39, 0.29) is 5.69 Å². The van der Waals surface area contributed by atoms with Gasteiger partial charge in [-0.25, -0.2) is 9.78 Å². The number of carbonyl (C=O) groups is 1. The molecule has 0 aliphatic carbocycles. The summed E-state index contributed by atoms with van der Waals surface area (Å²) in [6, 6.07) is 0. The van der Waals surface area contributed by atoms with Crippen molar-refractivity contribution in [3.63, 3.8) is 0 Å². The van der Waals surface area contributed by atoms with E-state index in [1.807, 2.05) is 16.5 Å². The number of aromatic nitrogens is 4. The van der Waals surface area contributed by atoms with Crippen molar-refractivity contribution in [3.8, 4) is 0 Å². The lowest BCUT2D eigenvalue weighted by molar-refractivity contribution is 0.0690. The van der Waals surface area contributed by atoms with Crippen molar-refractivity contribution in [1.29, 1.82) is 0 Å². The lowest BCUT2D eigenvalue weighted by Crippen LogP contribution is -2.21. The summed E-state index contributed by atoms with van der Waals surface area (Å²) in [5, 5.41) is 16.7. The molecule has 2 heterocycles. The largest absolute Gasteiger partial charge is 0.476 e. The van der Waals surface area contributed by atoms with Crippen LogP contribution in [0.4, 0.5) is 0 Å². The van der Waals surface area contributed by atoms with Gasteiger partial charge < -0.3 is 18.8 Å². The van der Waals surface area contributed by atoms with E-state index in [4.69, 9.17) is 14.3 Å². The summed E-state index contributed by atoms with van der Waals surface area (Å²) < 4.78 is 12.0. The number of carboxylic acid groups (broad SMARTS) is 1. The zero-order valence-corrected chi connectivity index (χ0v) is 11.9. The smallest absolute Gasteiger partial charge is 0.357 e. The average molecular weight is 295 g/mol. The van der Waals surface area contributed by atoms with Gasteiger partial charge in [0.05, 0.1) is 19.7 Å². The van der Waals surface area contributed by atoms with E-state index in [2.05, 4.69) is 15.2 Å². The first-order chi connectivity index (χ1) is 10.1. The first kappa shape index (κ1) is 15.1. The normalized spacial score (nSPS) is 11.2. The van der Waals surface area contributed by atoms with Crippen LogP contribution in [0.25, 0.3) is 0 Å². The zero-order valence-electron chi connectivity index (χ0n) is 11.9. The van der Waals surface area contributed by atoms with Gasteiger partial charge >= 0.3 is 5.97 Å². The van der Waals surface area contributed by atoms with Gasteiger partial charge in [0.15, 0.2) is 5.69 Å². The van der Waals surface area contributed by atoms with Crippen LogP contribution in [0, 0.1) is 0 Å². The topological polar surface area (TPSA) is 107 Å². The molecule has 2 aromatic heterocycles. The summed E-state index contributed by atoms with van der Waals surface area (Å²) >= 11 is 0. The number of carboxylic acids is 1. The molecule has 2 aromatic rings. The summed E-state index contributed by atoms with van der Waals surface area (Å²) in [6.07, 6.45) is 2.78. The van der Waals surface area contributed by atoms with Crippen molar-refractivity contribution in [1.82, 2.24) is 24.6 Å². The second kappa shape index (κ2) is 6.95. The van der Waals surface area contributed by atoms with Crippen LogP contribution >= 0.6 is 0 Å². The number of oxazole rings is 1. The Morgan fingerprint density at radius 1 is 1.52 bits per heavy atom. The highest BCUT2D eigenvalue weighted by Gasteiger charge is 2.13. The van der Waals surface area contributed by atoms with Gasteiger partial charge in [-0.3, -0.25) is 4.90 Å². The Balaban J connectivity index is 1.93. The molecule has 0 amide bonds. The van der Waals surface area contributed by atoms with Gasteiger partial charge in [0.1, 0.15) is 18.4 Å². The molecule has 0 saturated heterocycles. The minimum atomic E-state index is -1.10. The molecule has 9 nitrogen and oxygen atoms in total. The molecule has 0 saturated carbocycles. The minimum absolute atomic E-state index is 0.0957. The van der Waals surface area contributed by atoms with Crippen LogP contribution in [0.15, 0.2) is 17.0 Å². The first-order valence-electron chi connectivity index (χ1n) is 6.32. The van der Waals surface area contributed by atoms with Gasteiger partial charge in [0.2, 0.25) is 5.89 Å². The monoisotopic (exact) mass is 295 g/mol. The fourth-order valence-electron chi connectivity index (χ4n) is 1.79. The number of rotatable bonds is 8. The highest BCUT2D eigenvalue weighted by molar-refractivity contribution is 5.84. The Morgan fingerprint density at radius 3 is 3.00 bits per heavy atom. The van der Waals surface area contributed by atoms with Gasteiger partial charge in [-0.05, 0) is 7.05 Å². The average Bonchev–Trinajstić information content (AvgIpc) is 3.06. The summed E-state index contributed by atoms with van der Waals surface area (Å²) in [5.74, 6) is 0.0318. The van der Waals surface area contributed by atoms with Gasteiger partial charge in [-0.2, -0.15) is 0 Å². The summed E-state index contributed by atoms with van der Waals surface area (Å²) in [5.41, 5.74) is -0.0957. The molecular formula is C12H17N5O4. The second-order valence-corrected chi connectivity index (χ2v) is 4.54. The Labute approximate surface area is 121 Å². The Bertz CT molecular complexity index is 594. The van der Waals surface area contributed by atoms with Crippen LogP contribution in [-0.4, -0.2) is 56.5 Å². The van der Waals surface area contributed by atoms with E-state index in [1.165, 1.54) is 0 Å². The molecule has 0 radical (unpaired) electrons. The standard InChI is InChI=1S/C12H17N5O4/c1-16(6-11-14-9(7-21-11)12(18)19)5-10-15-13-8-17(10)3-4-20-2/h7-8H,3-6H2,1-2H3,(H,18,19). The zero-order chi connectivity index (χ0) is 15.2. The van der Waals surface area contributed by atoms with Gasteiger partial charge in [0, 0.05) is 13.7 Å². The van der Waals surface area contributed by atoms with E-state index in [0.717, 1.165) is 12.1 Å². The molecule has 0 aliphatic heterocycles. The number of ether oxygens (including phenoxy) is 1. The fourth-order valence-corrected chi connectivity index (χ4v) is 1.79. The van der Waals surface area contributed by atoms with Crippen molar-refractivity contribution in [2.24, 2.45) is 0 Å². The molecule has 0 bridgehead atoms. The third-order valence-corrected chi connectivity index (χ3v) is 2.82. The molecule has 0 spiro atoms. The predicted molar refractivity (Wildman–Crippen MR) is 70.5 cm³/mol. The maximum absolute atomic E-state index is 10.7. The summed E-state index contributed by atoms with van der Waals surface area (Å²) in [4.78, 5) is 16.5. The number of nitrogens with zero attached hydrogens (tertiary/aromatic N) is 5. The number of hydrogen-bond acceptors (Lipinski definition) is 7. The molecule has 0 unspecified atom stereocenters. The third-order valence-electron chi connectivity index (χ3n) is 2.82. The maximum Gasteiger partial charge on any atom is 0.357 e. The van der Waals surface area contributed by atoms with Crippen molar-refractivity contribution in [2.75, 3.05) is 20.8 Å². The van der Waals surface area contributed by atoms with Crippen molar-refractivity contribution >= 4 is 5.97 Å². The van der Waals surface area contributed by atoms with Crippen LogP contribution in [0.5, 0.6) is 0 Å². The third kappa shape index (κ3) is 4.10. The number of aromatic carboxylic acids is 1. The molecule has 2 rings (SSSR count).